The molecule has 1 aromatic carbocycles. The number of halogens is 1. The fraction of sp³-hybridized carbons (Fsp3) is 0.556. The van der Waals surface area contributed by atoms with Crippen molar-refractivity contribution in [1.82, 2.24) is 10.2 Å². The summed E-state index contributed by atoms with van der Waals surface area (Å²) in [4.78, 5) is 2.50. The van der Waals surface area contributed by atoms with Gasteiger partial charge >= 0.3 is 0 Å². The highest BCUT2D eigenvalue weighted by atomic mass is 19.1. The maximum absolute atomic E-state index is 13.3. The second kappa shape index (κ2) is 7.71. The maximum atomic E-state index is 13.3. The summed E-state index contributed by atoms with van der Waals surface area (Å²) in [7, 11) is 0. The Morgan fingerprint density at radius 1 is 1.38 bits per heavy atom. The first-order chi connectivity index (χ1) is 10.0. The van der Waals surface area contributed by atoms with Crippen LogP contribution in [0.2, 0.25) is 0 Å². The van der Waals surface area contributed by atoms with E-state index in [9.17, 15) is 4.39 Å². The molecule has 1 saturated heterocycles. The van der Waals surface area contributed by atoms with Crippen molar-refractivity contribution in [3.05, 3.63) is 47.3 Å². The Morgan fingerprint density at radius 2 is 2.10 bits per heavy atom. The minimum Gasteiger partial charge on any atom is -0.307 e. The summed E-state index contributed by atoms with van der Waals surface area (Å²) < 4.78 is 13.3. The van der Waals surface area contributed by atoms with E-state index in [4.69, 9.17) is 0 Å². The number of piperidine rings is 1. The largest absolute Gasteiger partial charge is 0.307 e. The summed E-state index contributed by atoms with van der Waals surface area (Å²) in [6, 6.07) is 7.64. The first kappa shape index (κ1) is 16.2. The van der Waals surface area contributed by atoms with Gasteiger partial charge in [-0.3, -0.25) is 4.90 Å². The number of hydrogen-bond donors (Lipinski definition) is 1. The molecule has 0 spiro atoms. The molecular formula is C18H27FN2. The monoisotopic (exact) mass is 290 g/mol. The zero-order valence-corrected chi connectivity index (χ0v) is 13.4. The summed E-state index contributed by atoms with van der Waals surface area (Å²) >= 11 is 0. The Labute approximate surface area is 128 Å². The van der Waals surface area contributed by atoms with Crippen LogP contribution in [0, 0.1) is 5.82 Å². The minimum atomic E-state index is -0.155. The van der Waals surface area contributed by atoms with E-state index < -0.39 is 0 Å². The van der Waals surface area contributed by atoms with E-state index in [0.29, 0.717) is 6.04 Å². The quantitative estimate of drug-likeness (QED) is 0.827. The van der Waals surface area contributed by atoms with Crippen LogP contribution >= 0.6 is 0 Å². The number of hydrogen-bond acceptors (Lipinski definition) is 2. The summed E-state index contributed by atoms with van der Waals surface area (Å²) in [6.45, 7) is 9.75. The molecule has 0 bridgehead atoms. The van der Waals surface area contributed by atoms with Crippen LogP contribution in [0.4, 0.5) is 4.39 Å². The maximum Gasteiger partial charge on any atom is 0.123 e. The molecule has 0 unspecified atom stereocenters. The fourth-order valence-electron chi connectivity index (χ4n) is 2.82. The van der Waals surface area contributed by atoms with Crippen LogP contribution in [0.5, 0.6) is 0 Å². The third-order valence-corrected chi connectivity index (χ3v) is 4.18. The van der Waals surface area contributed by atoms with Crippen molar-refractivity contribution in [3.63, 3.8) is 0 Å². The van der Waals surface area contributed by atoms with E-state index in [1.807, 2.05) is 6.07 Å². The van der Waals surface area contributed by atoms with Crippen LogP contribution in [-0.4, -0.2) is 30.6 Å². The Bertz CT molecular complexity index is 472. The van der Waals surface area contributed by atoms with Crippen LogP contribution in [0.25, 0.3) is 0 Å². The number of allylic oxidation sites excluding steroid dienone is 1. The summed E-state index contributed by atoms with van der Waals surface area (Å²) in [5.74, 6) is -0.155. The Hall–Kier alpha value is -1.19. The molecule has 1 fully saturated rings. The lowest BCUT2D eigenvalue weighted by molar-refractivity contribution is 0.208. The van der Waals surface area contributed by atoms with Gasteiger partial charge in [-0.2, -0.15) is 0 Å². The van der Waals surface area contributed by atoms with Crippen molar-refractivity contribution in [3.8, 4) is 0 Å². The molecule has 0 aromatic heterocycles. The average molecular weight is 290 g/mol. The summed E-state index contributed by atoms with van der Waals surface area (Å²) in [5, 5.41) is 3.64. The standard InChI is InChI=1S/C18H27FN2/c1-14(2)7-10-21-11-8-18(9-12-21)20-15(3)16-5-4-6-17(19)13-16/h4-7,13,15,18,20H,8-12H2,1-3H3/t15-/m1/s1. The van der Waals surface area contributed by atoms with Gasteiger partial charge in [0.2, 0.25) is 0 Å². The lowest BCUT2D eigenvalue weighted by Crippen LogP contribution is -2.43. The fourth-order valence-corrected chi connectivity index (χ4v) is 2.82. The SMILES string of the molecule is CC(C)=CCN1CCC(N[C@H](C)c2cccc(F)c2)CC1. The molecule has 1 heterocycles. The van der Waals surface area contributed by atoms with Crippen LogP contribution in [-0.2, 0) is 0 Å². The van der Waals surface area contributed by atoms with E-state index >= 15 is 0 Å². The van der Waals surface area contributed by atoms with E-state index in [-0.39, 0.29) is 11.9 Å². The number of nitrogens with zero attached hydrogens (tertiary/aromatic N) is 1. The Kier molecular flexibility index (Phi) is 5.95. The minimum absolute atomic E-state index is 0.155. The second-order valence-corrected chi connectivity index (χ2v) is 6.30. The van der Waals surface area contributed by atoms with Crippen LogP contribution < -0.4 is 5.32 Å². The number of nitrogens with one attached hydrogen (secondary N) is 1. The first-order valence-electron chi connectivity index (χ1n) is 7.92. The molecule has 0 saturated carbocycles. The van der Waals surface area contributed by atoms with Gasteiger partial charge in [-0.25, -0.2) is 4.39 Å². The number of likely N-dealkylation sites (tertiary alicyclic amines) is 1. The lowest BCUT2D eigenvalue weighted by Gasteiger charge is -2.33. The predicted octanol–water partition coefficient (Wildman–Crippen LogP) is 3.91. The highest BCUT2D eigenvalue weighted by Crippen LogP contribution is 2.18. The smallest absolute Gasteiger partial charge is 0.123 e. The van der Waals surface area contributed by atoms with Crippen molar-refractivity contribution in [2.24, 2.45) is 0 Å². The summed E-state index contributed by atoms with van der Waals surface area (Å²) in [5.41, 5.74) is 2.41. The molecule has 1 aliphatic heterocycles. The zero-order chi connectivity index (χ0) is 15.2. The van der Waals surface area contributed by atoms with Crippen molar-refractivity contribution in [2.75, 3.05) is 19.6 Å². The normalized spacial score (nSPS) is 18.5. The zero-order valence-electron chi connectivity index (χ0n) is 13.4. The summed E-state index contributed by atoms with van der Waals surface area (Å²) in [6.07, 6.45) is 4.62. The molecular weight excluding hydrogens is 263 g/mol. The molecule has 0 aliphatic carbocycles. The topological polar surface area (TPSA) is 15.3 Å². The van der Waals surface area contributed by atoms with Gasteiger partial charge in [-0.1, -0.05) is 23.8 Å². The molecule has 116 valence electrons. The molecule has 1 aromatic rings. The molecule has 1 aliphatic rings. The molecule has 1 N–H and O–H groups in total. The predicted molar refractivity (Wildman–Crippen MR) is 86.8 cm³/mol. The average Bonchev–Trinajstić information content (AvgIpc) is 2.46. The highest BCUT2D eigenvalue weighted by Gasteiger charge is 2.20. The van der Waals surface area contributed by atoms with Crippen LogP contribution in [0.15, 0.2) is 35.9 Å². The van der Waals surface area contributed by atoms with Crippen molar-refractivity contribution in [1.29, 1.82) is 0 Å². The van der Waals surface area contributed by atoms with E-state index in [2.05, 4.69) is 37.1 Å². The van der Waals surface area contributed by atoms with E-state index in [0.717, 1.165) is 38.0 Å². The van der Waals surface area contributed by atoms with Crippen molar-refractivity contribution in [2.45, 2.75) is 45.7 Å². The first-order valence-corrected chi connectivity index (χ1v) is 7.92. The molecule has 3 heteroatoms. The van der Waals surface area contributed by atoms with Gasteiger partial charge in [0.25, 0.3) is 0 Å². The third kappa shape index (κ3) is 5.25. The molecule has 0 radical (unpaired) electrons. The highest BCUT2D eigenvalue weighted by molar-refractivity contribution is 5.19. The molecule has 1 atom stereocenters. The van der Waals surface area contributed by atoms with E-state index in [1.54, 1.807) is 12.1 Å². The molecule has 2 nitrogen and oxygen atoms in total. The molecule has 2 rings (SSSR count). The second-order valence-electron chi connectivity index (χ2n) is 6.30. The third-order valence-electron chi connectivity index (χ3n) is 4.18. The Morgan fingerprint density at radius 3 is 2.71 bits per heavy atom. The van der Waals surface area contributed by atoms with Gasteiger partial charge < -0.3 is 5.32 Å². The van der Waals surface area contributed by atoms with Gasteiger partial charge in [-0.05, 0) is 64.4 Å². The van der Waals surface area contributed by atoms with Gasteiger partial charge in [0.15, 0.2) is 0 Å². The van der Waals surface area contributed by atoms with Crippen LogP contribution in [0.3, 0.4) is 0 Å². The van der Waals surface area contributed by atoms with Crippen LogP contribution in [0.1, 0.15) is 45.2 Å². The van der Waals surface area contributed by atoms with Gasteiger partial charge in [0, 0.05) is 18.6 Å². The Balaban J connectivity index is 1.79. The number of rotatable bonds is 5. The van der Waals surface area contributed by atoms with E-state index in [1.165, 1.54) is 11.6 Å². The lowest BCUT2D eigenvalue weighted by atomic mass is 10.0. The van der Waals surface area contributed by atoms with Crippen molar-refractivity contribution >= 4 is 0 Å². The molecule has 21 heavy (non-hydrogen) atoms. The van der Waals surface area contributed by atoms with Gasteiger partial charge in [0.05, 0.1) is 0 Å². The van der Waals surface area contributed by atoms with Gasteiger partial charge in [-0.15, -0.1) is 0 Å². The van der Waals surface area contributed by atoms with Gasteiger partial charge in [0.1, 0.15) is 5.82 Å². The molecule has 0 amide bonds. The van der Waals surface area contributed by atoms with Crippen molar-refractivity contribution < 1.29 is 4.39 Å². The number of benzene rings is 1.